The van der Waals surface area contributed by atoms with Crippen LogP contribution < -0.4 is 4.74 Å². The predicted molar refractivity (Wildman–Crippen MR) is 64.3 cm³/mol. The summed E-state index contributed by atoms with van der Waals surface area (Å²) in [6.45, 7) is 2.51. The monoisotopic (exact) mass is 230 g/mol. The van der Waals surface area contributed by atoms with Crippen LogP contribution in [0.5, 0.6) is 5.75 Å². The van der Waals surface area contributed by atoms with Gasteiger partial charge in [0, 0.05) is 24.0 Å². The summed E-state index contributed by atoms with van der Waals surface area (Å²) in [5.74, 6) is -0.0525. The molecule has 87 valence electrons. The van der Waals surface area contributed by atoms with Gasteiger partial charge in [-0.1, -0.05) is 13.0 Å². The van der Waals surface area contributed by atoms with E-state index in [1.54, 1.807) is 24.5 Å². The zero-order chi connectivity index (χ0) is 12.1. The number of aromatic nitrogens is 1. The summed E-state index contributed by atoms with van der Waals surface area (Å²) < 4.78 is 19.0. The van der Waals surface area contributed by atoms with Crippen LogP contribution in [0.3, 0.4) is 0 Å². The molecule has 2 aromatic rings. The molecule has 1 aromatic carbocycles. The Bertz CT molecular complexity index is 485. The molecule has 3 heteroatoms. The van der Waals surface area contributed by atoms with Crippen molar-refractivity contribution in [2.24, 2.45) is 0 Å². The number of halogens is 1. The van der Waals surface area contributed by atoms with Crippen molar-refractivity contribution < 1.29 is 9.13 Å². The molecule has 0 unspecified atom stereocenters. The molecule has 0 N–H and O–H groups in total. The van der Waals surface area contributed by atoms with E-state index in [4.69, 9.17) is 4.74 Å². The molecule has 17 heavy (non-hydrogen) atoms. The maximum atomic E-state index is 13.7. The molecule has 1 heterocycles. The molecule has 0 spiro atoms. The van der Waals surface area contributed by atoms with E-state index in [2.05, 4.69) is 11.1 Å². The molecule has 0 aliphatic carbocycles. The minimum Gasteiger partial charge on any atom is -0.491 e. The molecule has 0 bridgehead atoms. The number of pyridine rings is 1. The van der Waals surface area contributed by atoms with Crippen LogP contribution in [0.1, 0.15) is 13.3 Å². The largest absolute Gasteiger partial charge is 0.491 e. The third-order valence-electron chi connectivity index (χ3n) is 2.33. The smallest absolute Gasteiger partial charge is 0.165 e. The van der Waals surface area contributed by atoms with Crippen LogP contribution in [-0.2, 0) is 0 Å². The highest BCUT2D eigenvalue weighted by atomic mass is 19.1. The Balaban J connectivity index is 2.25. The molecular weight excluding hydrogens is 217 g/mol. The van der Waals surface area contributed by atoms with Crippen LogP contribution >= 0.6 is 0 Å². The summed E-state index contributed by atoms with van der Waals surface area (Å²) in [4.78, 5) is 3.95. The summed E-state index contributed by atoms with van der Waals surface area (Å²) in [6.07, 6.45) is 4.11. The molecule has 0 aliphatic heterocycles. The van der Waals surface area contributed by atoms with Gasteiger partial charge in [-0.3, -0.25) is 4.98 Å². The second-order valence-electron chi connectivity index (χ2n) is 3.67. The zero-order valence-corrected chi connectivity index (χ0v) is 9.61. The fourth-order valence-electron chi connectivity index (χ4n) is 1.49. The Morgan fingerprint density at radius 2 is 2.24 bits per heavy atom. The molecule has 1 radical (unpaired) electrons. The summed E-state index contributed by atoms with van der Waals surface area (Å²) >= 11 is 0. The Labute approximate surface area is 100 Å². The van der Waals surface area contributed by atoms with E-state index in [1.807, 2.05) is 13.0 Å². The van der Waals surface area contributed by atoms with Gasteiger partial charge < -0.3 is 4.74 Å². The average molecular weight is 230 g/mol. The van der Waals surface area contributed by atoms with E-state index < -0.39 is 0 Å². The van der Waals surface area contributed by atoms with Gasteiger partial charge >= 0.3 is 0 Å². The van der Waals surface area contributed by atoms with Crippen molar-refractivity contribution in [2.75, 3.05) is 6.61 Å². The van der Waals surface area contributed by atoms with Gasteiger partial charge in [0.1, 0.15) is 0 Å². The van der Waals surface area contributed by atoms with Crippen LogP contribution in [0.4, 0.5) is 4.39 Å². The molecule has 2 rings (SSSR count). The van der Waals surface area contributed by atoms with Gasteiger partial charge in [0.25, 0.3) is 0 Å². The minimum atomic E-state index is -0.347. The maximum Gasteiger partial charge on any atom is 0.165 e. The normalized spacial score (nSPS) is 10.2. The Morgan fingerprint density at radius 3 is 2.88 bits per heavy atom. The van der Waals surface area contributed by atoms with Crippen molar-refractivity contribution in [3.63, 3.8) is 0 Å². The molecule has 0 fully saturated rings. The van der Waals surface area contributed by atoms with Gasteiger partial charge in [-0.25, -0.2) is 4.39 Å². The van der Waals surface area contributed by atoms with E-state index in [0.29, 0.717) is 12.4 Å². The van der Waals surface area contributed by atoms with Gasteiger partial charge in [-0.2, -0.15) is 0 Å². The number of benzene rings is 1. The molecule has 0 aliphatic rings. The molecule has 2 nitrogen and oxygen atoms in total. The second kappa shape index (κ2) is 5.43. The number of ether oxygens (including phenoxy) is 1. The minimum absolute atomic E-state index is 0.295. The fraction of sp³-hybridized carbons (Fsp3) is 0.214. The summed E-state index contributed by atoms with van der Waals surface area (Å²) in [5.41, 5.74) is 1.61. The average Bonchev–Trinajstić information content (AvgIpc) is 2.38. The van der Waals surface area contributed by atoms with Gasteiger partial charge in [0.2, 0.25) is 0 Å². The van der Waals surface area contributed by atoms with E-state index in [9.17, 15) is 4.39 Å². The van der Waals surface area contributed by atoms with Gasteiger partial charge in [-0.15, -0.1) is 0 Å². The Kier molecular flexibility index (Phi) is 3.70. The van der Waals surface area contributed by atoms with E-state index in [-0.39, 0.29) is 5.82 Å². The van der Waals surface area contributed by atoms with Crippen LogP contribution in [0.25, 0.3) is 11.1 Å². The first kappa shape index (κ1) is 11.6. The first-order chi connectivity index (χ1) is 8.31. The standard InChI is InChI=1S/C14H13FNO/c1-2-8-17-14-6-5-11(9-13(14)15)12-4-3-7-16-10-12/h4-7,9-10H,2,8H2,1H3. The van der Waals surface area contributed by atoms with Gasteiger partial charge in [0.05, 0.1) is 6.61 Å². The van der Waals surface area contributed by atoms with Crippen LogP contribution in [0.2, 0.25) is 0 Å². The van der Waals surface area contributed by atoms with Crippen LogP contribution in [0.15, 0.2) is 36.7 Å². The zero-order valence-electron chi connectivity index (χ0n) is 9.61. The molecule has 0 saturated heterocycles. The third-order valence-corrected chi connectivity index (χ3v) is 2.33. The van der Waals surface area contributed by atoms with Crippen molar-refractivity contribution in [3.8, 4) is 16.9 Å². The second-order valence-corrected chi connectivity index (χ2v) is 3.67. The van der Waals surface area contributed by atoms with E-state index in [1.165, 1.54) is 6.07 Å². The summed E-state index contributed by atoms with van der Waals surface area (Å²) in [6, 6.07) is 9.55. The van der Waals surface area contributed by atoms with Crippen molar-refractivity contribution in [1.82, 2.24) is 4.98 Å². The van der Waals surface area contributed by atoms with E-state index >= 15 is 0 Å². The quantitative estimate of drug-likeness (QED) is 0.802. The number of nitrogens with zero attached hydrogens (tertiary/aromatic N) is 1. The highest BCUT2D eigenvalue weighted by Crippen LogP contribution is 2.24. The lowest BCUT2D eigenvalue weighted by atomic mass is 10.1. The first-order valence-electron chi connectivity index (χ1n) is 5.55. The third kappa shape index (κ3) is 2.81. The maximum absolute atomic E-state index is 13.7. The Morgan fingerprint density at radius 1 is 1.35 bits per heavy atom. The fourth-order valence-corrected chi connectivity index (χ4v) is 1.49. The lowest BCUT2D eigenvalue weighted by Gasteiger charge is -2.07. The molecule has 1 aromatic heterocycles. The van der Waals surface area contributed by atoms with Crippen molar-refractivity contribution >= 4 is 0 Å². The molecule has 0 atom stereocenters. The summed E-state index contributed by atoms with van der Waals surface area (Å²) in [5, 5.41) is 0. The topological polar surface area (TPSA) is 22.1 Å². The highest BCUT2D eigenvalue weighted by molar-refractivity contribution is 5.63. The van der Waals surface area contributed by atoms with Crippen LogP contribution in [0, 0.1) is 11.9 Å². The molecular formula is C14H13FNO. The number of rotatable bonds is 4. The van der Waals surface area contributed by atoms with Crippen molar-refractivity contribution in [3.05, 3.63) is 48.5 Å². The Hall–Kier alpha value is -1.90. The van der Waals surface area contributed by atoms with Gasteiger partial charge in [-0.05, 0) is 30.2 Å². The molecule has 0 amide bonds. The van der Waals surface area contributed by atoms with Gasteiger partial charge in [0.15, 0.2) is 11.6 Å². The lowest BCUT2D eigenvalue weighted by Crippen LogP contribution is -1.97. The molecule has 0 saturated carbocycles. The number of hydrogen-bond acceptors (Lipinski definition) is 2. The lowest BCUT2D eigenvalue weighted by molar-refractivity contribution is 0.301. The van der Waals surface area contributed by atoms with Crippen LogP contribution in [-0.4, -0.2) is 11.6 Å². The van der Waals surface area contributed by atoms with Crippen molar-refractivity contribution in [2.45, 2.75) is 13.3 Å². The SMILES string of the molecule is CCCOc1ccc(-c2c[c]cnc2)cc1F. The first-order valence-corrected chi connectivity index (χ1v) is 5.55. The van der Waals surface area contributed by atoms with Crippen molar-refractivity contribution in [1.29, 1.82) is 0 Å². The van der Waals surface area contributed by atoms with E-state index in [0.717, 1.165) is 17.5 Å². The summed E-state index contributed by atoms with van der Waals surface area (Å²) in [7, 11) is 0. The highest BCUT2D eigenvalue weighted by Gasteiger charge is 2.05. The number of hydrogen-bond donors (Lipinski definition) is 0. The predicted octanol–water partition coefficient (Wildman–Crippen LogP) is 3.48.